The molecule has 0 radical (unpaired) electrons. The Kier molecular flexibility index (Phi) is 4.67. The van der Waals surface area contributed by atoms with Crippen LogP contribution in [-0.2, 0) is 19.1 Å². The molecular weight excluding hydrogens is 352 g/mol. The van der Waals surface area contributed by atoms with Gasteiger partial charge >= 0.3 is 5.97 Å². The summed E-state index contributed by atoms with van der Waals surface area (Å²) in [6, 6.07) is 0. The van der Waals surface area contributed by atoms with E-state index >= 15 is 0 Å². The van der Waals surface area contributed by atoms with E-state index in [0.29, 0.717) is 24.2 Å². The second kappa shape index (κ2) is 6.67. The zero-order valence-corrected chi connectivity index (χ0v) is 17.5. The third-order valence-corrected chi connectivity index (χ3v) is 8.67. The van der Waals surface area contributed by atoms with Gasteiger partial charge in [-0.25, -0.2) is 0 Å². The van der Waals surface area contributed by atoms with E-state index in [4.69, 9.17) is 4.74 Å². The Balaban J connectivity index is 1.69. The molecule has 0 saturated heterocycles. The minimum Gasteiger partial charge on any atom is -0.435 e. The van der Waals surface area contributed by atoms with Gasteiger partial charge in [0.15, 0.2) is 5.78 Å². The highest BCUT2D eigenvalue weighted by Crippen LogP contribution is 2.67. The molecule has 0 aromatic rings. The standard InChI is InChI=1S/C24H32O4/c1-14(25)22-16(13-28-15(2)26)11-21-19-6-5-17-12-18(27)7-9-23(17,3)20(19)8-10-24(21,22)4/h12-13,19-22H,5-11H2,1-4H3/t19-,20+,21+,22+,23+,24+/m1/s1. The lowest BCUT2D eigenvalue weighted by molar-refractivity contribution is -0.135. The first kappa shape index (κ1) is 19.6. The van der Waals surface area contributed by atoms with Crippen LogP contribution in [0.5, 0.6) is 0 Å². The summed E-state index contributed by atoms with van der Waals surface area (Å²) in [5.41, 5.74) is 2.44. The van der Waals surface area contributed by atoms with Gasteiger partial charge in [-0.15, -0.1) is 0 Å². The molecule has 0 spiro atoms. The normalized spacial score (nSPS) is 43.6. The summed E-state index contributed by atoms with van der Waals surface area (Å²) in [4.78, 5) is 35.9. The highest BCUT2D eigenvalue weighted by Gasteiger charge is 2.61. The molecule has 0 unspecified atom stereocenters. The van der Waals surface area contributed by atoms with Gasteiger partial charge in [0.05, 0.1) is 6.26 Å². The van der Waals surface area contributed by atoms with Crippen LogP contribution >= 0.6 is 0 Å². The van der Waals surface area contributed by atoms with E-state index in [1.807, 2.05) is 6.08 Å². The van der Waals surface area contributed by atoms with Crippen molar-refractivity contribution >= 4 is 17.5 Å². The molecule has 3 fully saturated rings. The average molecular weight is 385 g/mol. The SMILES string of the molecule is CC(=O)OC=C1C[C@H]2[C@@H]3CCC4=CC(=O)CC[C@]4(C)[C@H]3CC[C@]2(C)[C@H]1C(C)=O. The molecule has 0 aromatic carbocycles. The molecule has 4 aliphatic carbocycles. The van der Waals surface area contributed by atoms with E-state index in [1.54, 1.807) is 13.2 Å². The summed E-state index contributed by atoms with van der Waals surface area (Å²) in [6.45, 7) is 7.74. The van der Waals surface area contributed by atoms with Crippen LogP contribution in [0.3, 0.4) is 0 Å². The van der Waals surface area contributed by atoms with Gasteiger partial charge in [0.1, 0.15) is 5.78 Å². The number of ether oxygens (including phenoxy) is 1. The van der Waals surface area contributed by atoms with Crippen molar-refractivity contribution in [1.82, 2.24) is 0 Å². The lowest BCUT2D eigenvalue weighted by Crippen LogP contribution is -2.51. The maximum absolute atomic E-state index is 12.6. The van der Waals surface area contributed by atoms with Crippen molar-refractivity contribution < 1.29 is 19.1 Å². The molecule has 4 heteroatoms. The van der Waals surface area contributed by atoms with Crippen molar-refractivity contribution in [3.63, 3.8) is 0 Å². The average Bonchev–Trinajstić information content (AvgIpc) is 2.93. The smallest absolute Gasteiger partial charge is 0.307 e. The molecule has 6 atom stereocenters. The van der Waals surface area contributed by atoms with Crippen LogP contribution < -0.4 is 0 Å². The second-order valence-electron chi connectivity index (χ2n) is 10.1. The number of esters is 1. The number of allylic oxidation sites excluding steroid dienone is 2. The van der Waals surface area contributed by atoms with Gasteiger partial charge in [-0.1, -0.05) is 19.4 Å². The first-order valence-corrected chi connectivity index (χ1v) is 10.8. The topological polar surface area (TPSA) is 60.4 Å². The van der Waals surface area contributed by atoms with Gasteiger partial charge in [0.25, 0.3) is 0 Å². The fourth-order valence-corrected chi connectivity index (χ4v) is 7.45. The fourth-order valence-electron chi connectivity index (χ4n) is 7.45. The first-order valence-electron chi connectivity index (χ1n) is 10.8. The zero-order valence-electron chi connectivity index (χ0n) is 17.5. The number of rotatable bonds is 2. The predicted octanol–water partition coefficient (Wildman–Crippen LogP) is 4.78. The fraction of sp³-hybridized carbons (Fsp3) is 0.708. The van der Waals surface area contributed by atoms with Crippen molar-refractivity contribution in [2.45, 2.75) is 72.6 Å². The Hall–Kier alpha value is -1.71. The van der Waals surface area contributed by atoms with Crippen molar-refractivity contribution in [3.05, 3.63) is 23.5 Å². The molecule has 0 bridgehead atoms. The quantitative estimate of drug-likeness (QED) is 0.508. The molecule has 0 aromatic heterocycles. The number of ketones is 2. The maximum atomic E-state index is 12.6. The van der Waals surface area contributed by atoms with E-state index in [1.165, 1.54) is 12.5 Å². The van der Waals surface area contributed by atoms with Crippen molar-refractivity contribution in [2.24, 2.45) is 34.5 Å². The van der Waals surface area contributed by atoms with Crippen molar-refractivity contribution in [3.8, 4) is 0 Å². The van der Waals surface area contributed by atoms with E-state index in [2.05, 4.69) is 13.8 Å². The number of hydrogen-bond acceptors (Lipinski definition) is 4. The van der Waals surface area contributed by atoms with Crippen LogP contribution in [0.1, 0.15) is 72.6 Å². The summed E-state index contributed by atoms with van der Waals surface area (Å²) < 4.78 is 5.21. The van der Waals surface area contributed by atoms with Crippen LogP contribution in [0.4, 0.5) is 0 Å². The molecule has 3 saturated carbocycles. The summed E-state index contributed by atoms with van der Waals surface area (Å²) >= 11 is 0. The minimum absolute atomic E-state index is 0.0545. The highest BCUT2D eigenvalue weighted by molar-refractivity contribution is 5.91. The summed E-state index contributed by atoms with van der Waals surface area (Å²) in [7, 11) is 0. The molecular formula is C24H32O4. The number of carbonyl (C=O) groups excluding carboxylic acids is 3. The largest absolute Gasteiger partial charge is 0.435 e. The number of hydrogen-bond donors (Lipinski definition) is 0. The maximum Gasteiger partial charge on any atom is 0.307 e. The van der Waals surface area contributed by atoms with E-state index < -0.39 is 0 Å². The number of carbonyl (C=O) groups is 3. The molecule has 0 N–H and O–H groups in total. The molecule has 0 amide bonds. The van der Waals surface area contributed by atoms with Gasteiger partial charge < -0.3 is 4.74 Å². The third-order valence-electron chi connectivity index (χ3n) is 8.67. The molecule has 4 nitrogen and oxygen atoms in total. The zero-order chi connectivity index (χ0) is 20.3. The highest BCUT2D eigenvalue weighted by atomic mass is 16.5. The van der Waals surface area contributed by atoms with Crippen LogP contribution in [0.15, 0.2) is 23.5 Å². The van der Waals surface area contributed by atoms with Crippen molar-refractivity contribution in [2.75, 3.05) is 0 Å². The van der Waals surface area contributed by atoms with Crippen LogP contribution in [0, 0.1) is 34.5 Å². The second-order valence-corrected chi connectivity index (χ2v) is 10.1. The minimum atomic E-state index is -0.334. The molecule has 0 aliphatic heterocycles. The van der Waals surface area contributed by atoms with E-state index in [-0.39, 0.29) is 34.3 Å². The molecule has 152 valence electrons. The predicted molar refractivity (Wildman–Crippen MR) is 106 cm³/mol. The van der Waals surface area contributed by atoms with Crippen LogP contribution in [0.2, 0.25) is 0 Å². The lowest BCUT2D eigenvalue weighted by Gasteiger charge is -2.57. The van der Waals surface area contributed by atoms with E-state index in [9.17, 15) is 14.4 Å². The summed E-state index contributed by atoms with van der Waals surface area (Å²) in [5, 5.41) is 0. The van der Waals surface area contributed by atoms with Gasteiger partial charge in [-0.2, -0.15) is 0 Å². The van der Waals surface area contributed by atoms with Crippen molar-refractivity contribution in [1.29, 1.82) is 0 Å². The number of fused-ring (bicyclic) bond motifs is 5. The summed E-state index contributed by atoms with van der Waals surface area (Å²) in [6.07, 6.45) is 10.2. The molecule has 28 heavy (non-hydrogen) atoms. The Labute approximate surface area is 167 Å². The molecule has 0 heterocycles. The van der Waals surface area contributed by atoms with Gasteiger partial charge in [-0.3, -0.25) is 14.4 Å². The Morgan fingerprint density at radius 2 is 1.86 bits per heavy atom. The van der Waals surface area contributed by atoms with Crippen LogP contribution in [-0.4, -0.2) is 17.5 Å². The molecule has 4 aliphatic rings. The van der Waals surface area contributed by atoms with Crippen LogP contribution in [0.25, 0.3) is 0 Å². The Morgan fingerprint density at radius 3 is 2.54 bits per heavy atom. The monoisotopic (exact) mass is 384 g/mol. The number of Topliss-reactive ketones (excluding diaryl/α,β-unsaturated/α-hetero) is 1. The Morgan fingerprint density at radius 1 is 1.11 bits per heavy atom. The van der Waals surface area contributed by atoms with Gasteiger partial charge in [-0.05, 0) is 85.7 Å². The Bertz CT molecular complexity index is 790. The lowest BCUT2D eigenvalue weighted by atomic mass is 9.46. The third kappa shape index (κ3) is 2.83. The summed E-state index contributed by atoms with van der Waals surface area (Å²) in [5.74, 6) is 1.59. The molecule has 4 rings (SSSR count). The van der Waals surface area contributed by atoms with E-state index in [0.717, 1.165) is 44.1 Å². The first-order chi connectivity index (χ1) is 13.2. The van der Waals surface area contributed by atoms with Gasteiger partial charge in [0, 0.05) is 19.3 Å². The van der Waals surface area contributed by atoms with Gasteiger partial charge in [0.2, 0.25) is 0 Å².